The number of hydrogen-bond donors (Lipinski definition) is 0. The normalized spacial score (nSPS) is 14.2. The van der Waals surface area contributed by atoms with Crippen LogP contribution in [0.4, 0.5) is 5.69 Å². The molecule has 2 heterocycles. The van der Waals surface area contributed by atoms with E-state index in [4.69, 9.17) is 18.6 Å². The van der Waals surface area contributed by atoms with Crippen molar-refractivity contribution in [3.05, 3.63) is 59.8 Å². The highest BCUT2D eigenvalue weighted by Crippen LogP contribution is 2.34. The molecule has 4 rings (SSSR count). The lowest BCUT2D eigenvalue weighted by atomic mass is 10.1. The van der Waals surface area contributed by atoms with Gasteiger partial charge in [0.05, 0.1) is 32.1 Å². The number of hydrogen-bond acceptors (Lipinski definition) is 8. The van der Waals surface area contributed by atoms with Gasteiger partial charge < -0.3 is 23.5 Å². The van der Waals surface area contributed by atoms with Gasteiger partial charge in [0.1, 0.15) is 17.9 Å². The number of rotatable bonds is 4. The van der Waals surface area contributed by atoms with E-state index in [-0.39, 0.29) is 24.6 Å². The molecule has 8 nitrogen and oxygen atoms in total. The van der Waals surface area contributed by atoms with Crippen molar-refractivity contribution in [1.82, 2.24) is 4.98 Å². The first-order chi connectivity index (χ1) is 14.1. The topological polar surface area (TPSA) is 91.1 Å². The van der Waals surface area contributed by atoms with Crippen LogP contribution in [0.25, 0.3) is 22.6 Å². The summed E-state index contributed by atoms with van der Waals surface area (Å²) >= 11 is 0. The number of nitrogens with zero attached hydrogens (tertiary/aromatic N) is 2. The van der Waals surface area contributed by atoms with Crippen molar-refractivity contribution in [2.75, 3.05) is 32.5 Å². The number of carbonyl (C=O) groups excluding carboxylic acids is 2. The van der Waals surface area contributed by atoms with Gasteiger partial charge in [-0.2, -0.15) is 0 Å². The number of para-hydroxylation sites is 1. The molecule has 0 saturated heterocycles. The molecule has 29 heavy (non-hydrogen) atoms. The number of oxazole rings is 1. The Morgan fingerprint density at radius 2 is 1.76 bits per heavy atom. The molecule has 1 aliphatic heterocycles. The lowest BCUT2D eigenvalue weighted by Crippen LogP contribution is -2.38. The molecule has 3 aromatic rings. The molecule has 0 N–H and O–H groups in total. The summed E-state index contributed by atoms with van der Waals surface area (Å²) in [6, 6.07) is 14.8. The van der Waals surface area contributed by atoms with E-state index in [0.29, 0.717) is 22.7 Å². The Hall–Kier alpha value is -3.65. The van der Waals surface area contributed by atoms with Crippen LogP contribution in [0.15, 0.2) is 64.2 Å². The zero-order chi connectivity index (χ0) is 20.4. The van der Waals surface area contributed by atoms with Gasteiger partial charge in [0.25, 0.3) is 0 Å². The van der Waals surface area contributed by atoms with E-state index in [1.54, 1.807) is 23.1 Å². The van der Waals surface area contributed by atoms with Gasteiger partial charge in [0.2, 0.25) is 5.89 Å². The van der Waals surface area contributed by atoms with Crippen LogP contribution in [-0.2, 0) is 23.8 Å². The number of benzene rings is 2. The van der Waals surface area contributed by atoms with Crippen molar-refractivity contribution >= 4 is 28.7 Å². The molecule has 8 heteroatoms. The molecule has 0 atom stereocenters. The van der Waals surface area contributed by atoms with Crippen LogP contribution >= 0.6 is 0 Å². The fraction of sp³-hybridized carbons (Fsp3) is 0.190. The van der Waals surface area contributed by atoms with E-state index >= 15 is 0 Å². The lowest BCUT2D eigenvalue weighted by molar-refractivity contribution is -0.140. The summed E-state index contributed by atoms with van der Waals surface area (Å²) in [6.45, 7) is -0.0186. The number of ether oxygens (including phenoxy) is 3. The molecular formula is C21H18N2O6. The van der Waals surface area contributed by atoms with Crippen molar-refractivity contribution in [3.8, 4) is 11.5 Å². The average Bonchev–Trinajstić information content (AvgIpc) is 3.22. The number of anilines is 1. The van der Waals surface area contributed by atoms with Crippen LogP contribution in [0, 0.1) is 0 Å². The zero-order valence-corrected chi connectivity index (χ0v) is 15.9. The summed E-state index contributed by atoms with van der Waals surface area (Å²) in [5.41, 5.74) is 2.58. The quantitative estimate of drug-likeness (QED) is 0.624. The van der Waals surface area contributed by atoms with Gasteiger partial charge in [-0.3, -0.25) is 0 Å². The minimum atomic E-state index is -0.669. The second-order valence-electron chi connectivity index (χ2n) is 6.22. The highest BCUT2D eigenvalue weighted by atomic mass is 16.5. The Morgan fingerprint density at radius 1 is 1.00 bits per heavy atom. The smallest absolute Gasteiger partial charge is 0.355 e. The predicted molar refractivity (Wildman–Crippen MR) is 104 cm³/mol. The van der Waals surface area contributed by atoms with Gasteiger partial charge in [0.15, 0.2) is 5.58 Å². The van der Waals surface area contributed by atoms with E-state index in [9.17, 15) is 9.59 Å². The van der Waals surface area contributed by atoms with Gasteiger partial charge in [-0.25, -0.2) is 14.6 Å². The summed E-state index contributed by atoms with van der Waals surface area (Å²) in [6.07, 6.45) is 0. The van der Waals surface area contributed by atoms with Gasteiger partial charge >= 0.3 is 11.9 Å². The predicted octanol–water partition coefficient (Wildman–Crippen LogP) is 2.89. The first kappa shape index (κ1) is 18.7. The maximum atomic E-state index is 12.5. The van der Waals surface area contributed by atoms with E-state index < -0.39 is 11.9 Å². The van der Waals surface area contributed by atoms with Crippen LogP contribution in [0.3, 0.4) is 0 Å². The van der Waals surface area contributed by atoms with Crippen molar-refractivity contribution in [3.63, 3.8) is 0 Å². The molecule has 1 aliphatic rings. The molecule has 0 unspecified atom stereocenters. The molecule has 0 amide bonds. The Kier molecular flexibility index (Phi) is 5.01. The highest BCUT2D eigenvalue weighted by molar-refractivity contribution is 6.05. The summed E-state index contributed by atoms with van der Waals surface area (Å²) in [5, 5.41) is 0. The van der Waals surface area contributed by atoms with E-state index in [1.807, 2.05) is 30.3 Å². The highest BCUT2D eigenvalue weighted by Gasteiger charge is 2.33. The molecule has 2 aromatic carbocycles. The second-order valence-corrected chi connectivity index (χ2v) is 6.22. The molecule has 0 spiro atoms. The molecule has 0 radical (unpaired) electrons. The maximum absolute atomic E-state index is 12.5. The van der Waals surface area contributed by atoms with Crippen LogP contribution in [0.2, 0.25) is 0 Å². The van der Waals surface area contributed by atoms with Crippen molar-refractivity contribution in [2.45, 2.75) is 0 Å². The Balaban J connectivity index is 1.87. The standard InChI is InChI=1S/C21H18N2O6/c1-26-20(24)14-11-28-12-23(18(14)21(25)27-2)15-9-6-10-16-17(15)22-19(29-16)13-7-4-3-5-8-13/h3-10H,11-12H2,1-2H3. The van der Waals surface area contributed by atoms with E-state index in [2.05, 4.69) is 4.98 Å². The molecule has 0 saturated carbocycles. The zero-order valence-electron chi connectivity index (χ0n) is 15.9. The van der Waals surface area contributed by atoms with E-state index in [0.717, 1.165) is 5.56 Å². The fourth-order valence-corrected chi connectivity index (χ4v) is 3.19. The fourth-order valence-electron chi connectivity index (χ4n) is 3.19. The summed E-state index contributed by atoms with van der Waals surface area (Å²) in [4.78, 5) is 30.9. The average molecular weight is 394 g/mol. The summed E-state index contributed by atoms with van der Waals surface area (Å²) < 4.78 is 21.1. The van der Waals surface area contributed by atoms with E-state index in [1.165, 1.54) is 14.2 Å². The third-order valence-corrected chi connectivity index (χ3v) is 4.54. The molecular weight excluding hydrogens is 376 g/mol. The second kappa shape index (κ2) is 7.76. The third-order valence-electron chi connectivity index (χ3n) is 4.54. The minimum Gasteiger partial charge on any atom is -0.466 e. The van der Waals surface area contributed by atoms with Crippen molar-refractivity contribution in [2.24, 2.45) is 0 Å². The molecule has 148 valence electrons. The monoisotopic (exact) mass is 394 g/mol. The minimum absolute atomic E-state index is 0.0393. The number of methoxy groups -OCH3 is 2. The number of aromatic nitrogens is 1. The molecule has 0 aliphatic carbocycles. The van der Waals surface area contributed by atoms with Crippen LogP contribution in [0.5, 0.6) is 0 Å². The summed E-state index contributed by atoms with van der Waals surface area (Å²) in [7, 11) is 2.50. The SMILES string of the molecule is COC(=O)C1=C(C(=O)OC)N(c2cccc3oc(-c4ccccc4)nc23)COC1. The Bertz CT molecular complexity index is 1100. The van der Waals surface area contributed by atoms with Crippen LogP contribution < -0.4 is 4.90 Å². The molecule has 0 fully saturated rings. The first-order valence-corrected chi connectivity index (χ1v) is 8.84. The van der Waals surface area contributed by atoms with Crippen molar-refractivity contribution in [1.29, 1.82) is 0 Å². The Labute approximate surface area is 166 Å². The number of esters is 2. The van der Waals surface area contributed by atoms with Gasteiger partial charge in [0, 0.05) is 5.56 Å². The number of fused-ring (bicyclic) bond motifs is 1. The van der Waals surface area contributed by atoms with Crippen LogP contribution in [0.1, 0.15) is 0 Å². The largest absolute Gasteiger partial charge is 0.466 e. The lowest BCUT2D eigenvalue weighted by Gasteiger charge is -2.31. The van der Waals surface area contributed by atoms with Gasteiger partial charge in [-0.1, -0.05) is 24.3 Å². The third kappa shape index (κ3) is 3.34. The number of carbonyl (C=O) groups is 2. The maximum Gasteiger partial charge on any atom is 0.355 e. The molecule has 0 bridgehead atoms. The van der Waals surface area contributed by atoms with Crippen molar-refractivity contribution < 1.29 is 28.2 Å². The van der Waals surface area contributed by atoms with Crippen LogP contribution in [-0.4, -0.2) is 44.5 Å². The Morgan fingerprint density at radius 3 is 2.48 bits per heavy atom. The van der Waals surface area contributed by atoms with Gasteiger partial charge in [-0.15, -0.1) is 0 Å². The molecule has 1 aromatic heterocycles. The first-order valence-electron chi connectivity index (χ1n) is 8.84. The van der Waals surface area contributed by atoms with Gasteiger partial charge in [-0.05, 0) is 24.3 Å². The summed E-state index contributed by atoms with van der Waals surface area (Å²) in [5.74, 6) is -0.882.